The molecular weight excluding hydrogens is 482 g/mol. The van der Waals surface area contributed by atoms with E-state index < -0.39 is 11.4 Å². The number of hydrogen-bond acceptors (Lipinski definition) is 7. The van der Waals surface area contributed by atoms with Gasteiger partial charge in [0.2, 0.25) is 11.3 Å². The quantitative estimate of drug-likeness (QED) is 0.402. The maximum atomic E-state index is 13.1. The smallest absolute Gasteiger partial charge is 0.341 e. The summed E-state index contributed by atoms with van der Waals surface area (Å²) in [6.07, 6.45) is 6.42. The molecule has 1 aliphatic rings. The molecule has 0 spiro atoms. The first-order chi connectivity index (χ1) is 17.3. The van der Waals surface area contributed by atoms with E-state index in [1.165, 1.54) is 6.20 Å². The Hall–Kier alpha value is -4.11. The minimum absolute atomic E-state index is 0.0780. The van der Waals surface area contributed by atoms with Gasteiger partial charge in [0.1, 0.15) is 23.0 Å². The molecule has 0 saturated carbocycles. The number of carbonyl (C=O) groups is 1. The van der Waals surface area contributed by atoms with Crippen LogP contribution in [0.4, 0.5) is 11.5 Å². The summed E-state index contributed by atoms with van der Waals surface area (Å²) < 4.78 is 7.62. The van der Waals surface area contributed by atoms with Gasteiger partial charge in [0.25, 0.3) is 0 Å². The number of benzene rings is 1. The zero-order valence-corrected chi connectivity index (χ0v) is 20.3. The number of ether oxygens (including phenoxy) is 1. The Morgan fingerprint density at radius 1 is 1.25 bits per heavy atom. The fraction of sp³-hybridized carbons (Fsp3) is 0.231. The number of carboxylic acid groups (broad SMARTS) is 1. The summed E-state index contributed by atoms with van der Waals surface area (Å²) in [5.74, 6) is -0.607. The van der Waals surface area contributed by atoms with Crippen molar-refractivity contribution in [2.45, 2.75) is 25.8 Å². The lowest BCUT2D eigenvalue weighted by atomic mass is 10.0. The molecule has 1 atom stereocenters. The molecule has 3 aromatic heterocycles. The number of aryl methyl sites for hydroxylation is 1. The Labute approximate surface area is 211 Å². The number of aromatic carboxylic acids is 1. The van der Waals surface area contributed by atoms with Crippen LogP contribution in [0.25, 0.3) is 16.6 Å². The zero-order chi connectivity index (χ0) is 25.4. The third-order valence-electron chi connectivity index (χ3n) is 6.42. The Kier molecular flexibility index (Phi) is 6.24. The molecule has 5 rings (SSSR count). The van der Waals surface area contributed by atoms with E-state index >= 15 is 0 Å². The van der Waals surface area contributed by atoms with Crippen LogP contribution in [0.15, 0.2) is 59.8 Å². The highest BCUT2D eigenvalue weighted by Crippen LogP contribution is 2.33. The molecule has 1 aromatic carbocycles. The Balaban J connectivity index is 1.60. The van der Waals surface area contributed by atoms with Crippen LogP contribution in [0.1, 0.15) is 28.8 Å². The molecule has 36 heavy (non-hydrogen) atoms. The molecule has 10 heteroatoms. The van der Waals surface area contributed by atoms with Crippen LogP contribution in [-0.4, -0.2) is 44.8 Å². The molecule has 3 N–H and O–H groups in total. The van der Waals surface area contributed by atoms with Crippen molar-refractivity contribution in [2.24, 2.45) is 0 Å². The van der Waals surface area contributed by atoms with Gasteiger partial charge in [0.05, 0.1) is 17.2 Å². The van der Waals surface area contributed by atoms with Gasteiger partial charge in [0.15, 0.2) is 0 Å². The van der Waals surface area contributed by atoms with Gasteiger partial charge in [-0.15, -0.1) is 0 Å². The number of hydrogen-bond donors (Lipinski definition) is 2. The number of anilines is 2. The van der Waals surface area contributed by atoms with Crippen molar-refractivity contribution < 1.29 is 14.6 Å². The Morgan fingerprint density at radius 2 is 2.08 bits per heavy atom. The van der Waals surface area contributed by atoms with Gasteiger partial charge in [-0.05, 0) is 55.7 Å². The molecule has 1 fully saturated rings. The van der Waals surface area contributed by atoms with E-state index in [2.05, 4.69) is 14.9 Å². The lowest BCUT2D eigenvalue weighted by Crippen LogP contribution is -2.35. The van der Waals surface area contributed by atoms with E-state index in [4.69, 9.17) is 22.1 Å². The normalized spacial score (nSPS) is 15.4. The number of rotatable bonds is 6. The van der Waals surface area contributed by atoms with Crippen molar-refractivity contribution in [1.82, 2.24) is 14.5 Å². The van der Waals surface area contributed by atoms with Gasteiger partial charge in [0, 0.05) is 42.3 Å². The maximum absolute atomic E-state index is 13.1. The lowest BCUT2D eigenvalue weighted by Gasteiger charge is -2.29. The number of nitrogen functional groups attached to an aromatic ring is 1. The van der Waals surface area contributed by atoms with Crippen LogP contribution >= 0.6 is 11.6 Å². The summed E-state index contributed by atoms with van der Waals surface area (Å²) in [6, 6.07) is 10.6. The summed E-state index contributed by atoms with van der Waals surface area (Å²) in [5, 5.41) is 10.4. The summed E-state index contributed by atoms with van der Waals surface area (Å²) in [5.41, 5.74) is 8.04. The minimum Gasteiger partial charge on any atom is -0.477 e. The third kappa shape index (κ3) is 4.33. The topological polar surface area (TPSA) is 124 Å². The standard InChI is InChI=1S/C26H24ClN5O4/c1-15-10-18-22(32(13-19(24(18)33)26(34)35)16-6-8-29-23(28)11-16)12-21(15)31-9-3-4-17(31)14-36-25-20(27)5-2-7-30-25/h2,5-8,10-13,17H,3-4,9,14H2,1H3,(H2,28,29)(H,34,35)/t17-/m1/s1. The second-order valence-corrected chi connectivity index (χ2v) is 9.14. The Morgan fingerprint density at radius 3 is 2.83 bits per heavy atom. The molecule has 4 aromatic rings. The van der Waals surface area contributed by atoms with Crippen LogP contribution < -0.4 is 20.8 Å². The van der Waals surface area contributed by atoms with Crippen molar-refractivity contribution >= 4 is 40.0 Å². The number of aromatic nitrogens is 3. The minimum atomic E-state index is -1.29. The van der Waals surface area contributed by atoms with Crippen molar-refractivity contribution in [3.63, 3.8) is 0 Å². The zero-order valence-electron chi connectivity index (χ0n) is 19.5. The average Bonchev–Trinajstić information content (AvgIpc) is 3.32. The number of pyridine rings is 3. The predicted octanol–water partition coefficient (Wildman–Crippen LogP) is 4.07. The first-order valence-electron chi connectivity index (χ1n) is 11.5. The van der Waals surface area contributed by atoms with Gasteiger partial charge in [-0.1, -0.05) is 11.6 Å². The molecule has 0 aliphatic carbocycles. The number of carboxylic acids is 1. The highest BCUT2D eigenvalue weighted by molar-refractivity contribution is 6.31. The molecule has 0 unspecified atom stereocenters. The molecule has 9 nitrogen and oxygen atoms in total. The Bertz CT molecular complexity index is 1540. The second kappa shape index (κ2) is 9.50. The van der Waals surface area contributed by atoms with Gasteiger partial charge in [-0.25, -0.2) is 14.8 Å². The fourth-order valence-corrected chi connectivity index (χ4v) is 4.89. The second-order valence-electron chi connectivity index (χ2n) is 8.73. The number of fused-ring (bicyclic) bond motifs is 1. The summed E-state index contributed by atoms with van der Waals surface area (Å²) in [7, 11) is 0. The van der Waals surface area contributed by atoms with E-state index in [-0.39, 0.29) is 17.4 Å². The molecule has 1 aliphatic heterocycles. The number of halogens is 1. The predicted molar refractivity (Wildman–Crippen MR) is 139 cm³/mol. The molecule has 4 heterocycles. The molecule has 1 saturated heterocycles. The number of nitrogens with zero attached hydrogens (tertiary/aromatic N) is 4. The molecule has 184 valence electrons. The SMILES string of the molecule is Cc1cc2c(=O)c(C(=O)O)cn(-c3ccnc(N)c3)c2cc1N1CCC[C@@H]1COc1ncccc1Cl. The summed E-state index contributed by atoms with van der Waals surface area (Å²) >= 11 is 6.20. The van der Waals surface area contributed by atoms with Gasteiger partial charge in [-0.2, -0.15) is 0 Å². The molecule has 0 bridgehead atoms. The highest BCUT2D eigenvalue weighted by Gasteiger charge is 2.28. The molecule has 0 radical (unpaired) electrons. The van der Waals surface area contributed by atoms with Crippen LogP contribution in [0, 0.1) is 6.92 Å². The largest absolute Gasteiger partial charge is 0.477 e. The molecule has 0 amide bonds. The monoisotopic (exact) mass is 505 g/mol. The lowest BCUT2D eigenvalue weighted by molar-refractivity contribution is 0.0695. The van der Waals surface area contributed by atoms with E-state index in [9.17, 15) is 14.7 Å². The van der Waals surface area contributed by atoms with Crippen molar-refractivity contribution in [2.75, 3.05) is 23.8 Å². The van der Waals surface area contributed by atoms with Crippen molar-refractivity contribution in [1.29, 1.82) is 0 Å². The van der Waals surface area contributed by atoms with Crippen LogP contribution in [0.3, 0.4) is 0 Å². The van der Waals surface area contributed by atoms with E-state index in [0.29, 0.717) is 34.1 Å². The maximum Gasteiger partial charge on any atom is 0.341 e. The van der Waals surface area contributed by atoms with Crippen molar-refractivity contribution in [3.8, 4) is 11.6 Å². The molecular formula is C26H24ClN5O4. The fourth-order valence-electron chi connectivity index (χ4n) is 4.71. The highest BCUT2D eigenvalue weighted by atomic mass is 35.5. The van der Waals surface area contributed by atoms with Crippen molar-refractivity contribution in [3.05, 3.63) is 81.4 Å². The summed E-state index contributed by atoms with van der Waals surface area (Å²) in [4.78, 5) is 35.4. The van der Waals surface area contributed by atoms with E-state index in [1.54, 1.807) is 47.3 Å². The van der Waals surface area contributed by atoms with Crippen LogP contribution in [-0.2, 0) is 0 Å². The van der Waals surface area contributed by atoms with E-state index in [0.717, 1.165) is 30.6 Å². The number of nitrogens with two attached hydrogens (primary N) is 1. The first kappa shape index (κ1) is 23.6. The van der Waals surface area contributed by atoms with Crippen LogP contribution in [0.2, 0.25) is 5.02 Å². The summed E-state index contributed by atoms with van der Waals surface area (Å²) in [6.45, 7) is 3.14. The average molecular weight is 506 g/mol. The first-order valence-corrected chi connectivity index (χ1v) is 11.9. The third-order valence-corrected chi connectivity index (χ3v) is 6.71. The van der Waals surface area contributed by atoms with Gasteiger partial charge < -0.3 is 25.0 Å². The van der Waals surface area contributed by atoms with Gasteiger partial charge in [-0.3, -0.25) is 4.79 Å². The van der Waals surface area contributed by atoms with Crippen LogP contribution in [0.5, 0.6) is 5.88 Å². The van der Waals surface area contributed by atoms with Gasteiger partial charge >= 0.3 is 5.97 Å². The van der Waals surface area contributed by atoms with E-state index in [1.807, 2.05) is 13.0 Å².